The van der Waals surface area contributed by atoms with E-state index < -0.39 is 0 Å². The van der Waals surface area contributed by atoms with Gasteiger partial charge >= 0.3 is 6.03 Å². The van der Waals surface area contributed by atoms with Gasteiger partial charge in [-0.2, -0.15) is 0 Å². The molecule has 3 nitrogen and oxygen atoms in total. The smallest absolute Gasteiger partial charge is 0.319 e. The maximum absolute atomic E-state index is 12.0. The second kappa shape index (κ2) is 8.82. The third kappa shape index (κ3) is 5.36. The lowest BCUT2D eigenvalue weighted by molar-refractivity contribution is 0.247. The zero-order chi connectivity index (χ0) is 15.8. The summed E-state index contributed by atoms with van der Waals surface area (Å²) in [7, 11) is 0. The second-order valence-electron chi connectivity index (χ2n) is 6.65. The van der Waals surface area contributed by atoms with Gasteiger partial charge in [-0.25, -0.2) is 4.79 Å². The number of benzene rings is 1. The van der Waals surface area contributed by atoms with E-state index in [9.17, 15) is 4.79 Å². The van der Waals surface area contributed by atoms with Crippen molar-refractivity contribution in [2.75, 3.05) is 11.9 Å². The summed E-state index contributed by atoms with van der Waals surface area (Å²) in [5.74, 6) is 1.20. The number of amides is 2. The van der Waals surface area contributed by atoms with Crippen LogP contribution in [-0.4, -0.2) is 12.6 Å². The van der Waals surface area contributed by atoms with E-state index >= 15 is 0 Å². The van der Waals surface area contributed by atoms with Crippen molar-refractivity contribution >= 4 is 11.7 Å². The van der Waals surface area contributed by atoms with E-state index in [0.717, 1.165) is 12.2 Å². The Kier molecular flexibility index (Phi) is 6.75. The van der Waals surface area contributed by atoms with Crippen LogP contribution in [0.25, 0.3) is 0 Å². The lowest BCUT2D eigenvalue weighted by atomic mass is 9.89. The summed E-state index contributed by atoms with van der Waals surface area (Å²) in [4.78, 5) is 12.0. The first-order valence-corrected chi connectivity index (χ1v) is 8.84. The minimum Gasteiger partial charge on any atom is -0.338 e. The first-order chi connectivity index (χ1) is 10.7. The molecule has 122 valence electrons. The minimum atomic E-state index is -0.0779. The van der Waals surface area contributed by atoms with E-state index in [1.54, 1.807) is 0 Å². The van der Waals surface area contributed by atoms with Crippen molar-refractivity contribution in [3.8, 4) is 0 Å². The average Bonchev–Trinajstić information content (AvgIpc) is 2.54. The standard InChI is InChI=1S/C19H30N2O/c1-3-8-15(2)17-11-7-12-18(13-17)21-19(22)20-14-16-9-5-4-6-10-16/h7,11-13,15-16H,3-6,8-10,14H2,1-2H3,(H2,20,21,22). The number of carbonyl (C=O) groups is 1. The number of rotatable bonds is 6. The summed E-state index contributed by atoms with van der Waals surface area (Å²) < 4.78 is 0. The van der Waals surface area contributed by atoms with E-state index in [-0.39, 0.29) is 6.03 Å². The molecule has 1 saturated carbocycles. The zero-order valence-corrected chi connectivity index (χ0v) is 14.0. The molecule has 1 fully saturated rings. The molecular formula is C19H30N2O. The highest BCUT2D eigenvalue weighted by Crippen LogP contribution is 2.24. The number of anilines is 1. The van der Waals surface area contributed by atoms with Crippen molar-refractivity contribution in [1.29, 1.82) is 0 Å². The Balaban J connectivity index is 1.81. The Hall–Kier alpha value is -1.51. The van der Waals surface area contributed by atoms with Gasteiger partial charge < -0.3 is 10.6 Å². The Bertz CT molecular complexity index is 466. The molecular weight excluding hydrogens is 272 g/mol. The van der Waals surface area contributed by atoms with Crippen molar-refractivity contribution < 1.29 is 4.79 Å². The third-order valence-corrected chi connectivity index (χ3v) is 4.71. The van der Waals surface area contributed by atoms with Crippen LogP contribution in [0.3, 0.4) is 0 Å². The summed E-state index contributed by atoms with van der Waals surface area (Å²) >= 11 is 0. The van der Waals surface area contributed by atoms with Crippen LogP contribution < -0.4 is 10.6 Å². The lowest BCUT2D eigenvalue weighted by Crippen LogP contribution is -2.33. The van der Waals surface area contributed by atoms with Crippen LogP contribution in [0.4, 0.5) is 10.5 Å². The zero-order valence-electron chi connectivity index (χ0n) is 14.0. The summed E-state index contributed by atoms with van der Waals surface area (Å²) in [5.41, 5.74) is 2.19. The van der Waals surface area contributed by atoms with Crippen LogP contribution in [0.2, 0.25) is 0 Å². The van der Waals surface area contributed by atoms with E-state index in [1.807, 2.05) is 12.1 Å². The Morgan fingerprint density at radius 3 is 2.77 bits per heavy atom. The molecule has 1 aromatic rings. The van der Waals surface area contributed by atoms with Crippen molar-refractivity contribution in [2.45, 2.75) is 64.7 Å². The fraction of sp³-hybridized carbons (Fsp3) is 0.632. The monoisotopic (exact) mass is 302 g/mol. The van der Waals surface area contributed by atoms with Crippen molar-refractivity contribution in [2.24, 2.45) is 5.92 Å². The van der Waals surface area contributed by atoms with Gasteiger partial charge in [-0.3, -0.25) is 0 Å². The van der Waals surface area contributed by atoms with E-state index in [0.29, 0.717) is 11.8 Å². The largest absolute Gasteiger partial charge is 0.338 e. The summed E-state index contributed by atoms with van der Waals surface area (Å²) in [6.45, 7) is 5.25. The minimum absolute atomic E-state index is 0.0779. The van der Waals surface area contributed by atoms with Gasteiger partial charge in [0, 0.05) is 12.2 Å². The number of hydrogen-bond acceptors (Lipinski definition) is 1. The van der Waals surface area contributed by atoms with Gasteiger partial charge in [-0.05, 0) is 48.8 Å². The second-order valence-corrected chi connectivity index (χ2v) is 6.65. The van der Waals surface area contributed by atoms with E-state index in [1.165, 1.54) is 50.5 Å². The van der Waals surface area contributed by atoms with Crippen LogP contribution in [0.15, 0.2) is 24.3 Å². The van der Waals surface area contributed by atoms with Gasteiger partial charge in [0.25, 0.3) is 0 Å². The molecule has 2 amide bonds. The molecule has 2 N–H and O–H groups in total. The molecule has 1 aromatic carbocycles. The van der Waals surface area contributed by atoms with Gasteiger partial charge in [0.2, 0.25) is 0 Å². The van der Waals surface area contributed by atoms with Crippen LogP contribution in [0.1, 0.15) is 70.3 Å². The molecule has 0 saturated heterocycles. The van der Waals surface area contributed by atoms with Gasteiger partial charge in [0.1, 0.15) is 0 Å². The SMILES string of the molecule is CCCC(C)c1cccc(NC(=O)NCC2CCCCC2)c1. The quantitative estimate of drug-likeness (QED) is 0.736. The Morgan fingerprint density at radius 2 is 2.05 bits per heavy atom. The molecule has 22 heavy (non-hydrogen) atoms. The van der Waals surface area contributed by atoms with Gasteiger partial charge in [0.15, 0.2) is 0 Å². The first kappa shape index (κ1) is 16.9. The topological polar surface area (TPSA) is 41.1 Å². The summed E-state index contributed by atoms with van der Waals surface area (Å²) in [5, 5.41) is 5.99. The highest BCUT2D eigenvalue weighted by atomic mass is 16.2. The Morgan fingerprint density at radius 1 is 1.27 bits per heavy atom. The maximum Gasteiger partial charge on any atom is 0.319 e. The predicted octanol–water partition coefficient (Wildman–Crippen LogP) is 5.29. The molecule has 1 aliphatic rings. The fourth-order valence-corrected chi connectivity index (χ4v) is 3.33. The van der Waals surface area contributed by atoms with Crippen LogP contribution in [0, 0.1) is 5.92 Å². The molecule has 1 atom stereocenters. The summed E-state index contributed by atoms with van der Waals surface area (Å²) in [6.07, 6.45) is 8.84. The van der Waals surface area contributed by atoms with Gasteiger partial charge in [-0.1, -0.05) is 51.7 Å². The molecule has 2 rings (SSSR count). The number of urea groups is 1. The molecule has 0 aromatic heterocycles. The van der Waals surface area contributed by atoms with Gasteiger partial charge in [0.05, 0.1) is 0 Å². The normalized spacial score (nSPS) is 17.0. The molecule has 0 aliphatic heterocycles. The molecule has 3 heteroatoms. The fourth-order valence-electron chi connectivity index (χ4n) is 3.33. The van der Waals surface area contributed by atoms with Crippen LogP contribution in [-0.2, 0) is 0 Å². The Labute approximate surface area is 134 Å². The molecule has 1 aliphatic carbocycles. The molecule has 0 bridgehead atoms. The average molecular weight is 302 g/mol. The molecule has 0 heterocycles. The highest BCUT2D eigenvalue weighted by Gasteiger charge is 2.14. The highest BCUT2D eigenvalue weighted by molar-refractivity contribution is 5.89. The van der Waals surface area contributed by atoms with Crippen LogP contribution >= 0.6 is 0 Å². The van der Waals surface area contributed by atoms with Crippen molar-refractivity contribution in [3.05, 3.63) is 29.8 Å². The number of hydrogen-bond donors (Lipinski definition) is 2. The van der Waals surface area contributed by atoms with Crippen molar-refractivity contribution in [1.82, 2.24) is 5.32 Å². The molecule has 0 radical (unpaired) electrons. The van der Waals surface area contributed by atoms with E-state index in [2.05, 4.69) is 36.6 Å². The van der Waals surface area contributed by atoms with Gasteiger partial charge in [-0.15, -0.1) is 0 Å². The number of nitrogens with one attached hydrogen (secondary N) is 2. The third-order valence-electron chi connectivity index (χ3n) is 4.71. The first-order valence-electron chi connectivity index (χ1n) is 8.84. The maximum atomic E-state index is 12.0. The van der Waals surface area contributed by atoms with Crippen molar-refractivity contribution in [3.63, 3.8) is 0 Å². The summed E-state index contributed by atoms with van der Waals surface area (Å²) in [6, 6.07) is 8.15. The predicted molar refractivity (Wildman–Crippen MR) is 93.4 cm³/mol. The lowest BCUT2D eigenvalue weighted by Gasteiger charge is -2.21. The molecule has 0 spiro atoms. The number of carbonyl (C=O) groups excluding carboxylic acids is 1. The van der Waals surface area contributed by atoms with E-state index in [4.69, 9.17) is 0 Å². The van der Waals surface area contributed by atoms with Crippen LogP contribution in [0.5, 0.6) is 0 Å². The molecule has 1 unspecified atom stereocenters.